The number of likely N-dealkylation sites (tertiary alicyclic amines) is 1. The number of piperidine rings is 1. The Balaban J connectivity index is 1.62. The molecule has 0 bridgehead atoms. The molecule has 1 aliphatic heterocycles. The quantitative estimate of drug-likeness (QED) is 0.567. The van der Waals surface area contributed by atoms with Crippen molar-refractivity contribution in [2.45, 2.75) is 25.7 Å². The van der Waals surface area contributed by atoms with Crippen LogP contribution in [0.1, 0.15) is 36.0 Å². The summed E-state index contributed by atoms with van der Waals surface area (Å²) in [5, 5.41) is 0. The fourth-order valence-corrected chi connectivity index (χ4v) is 3.58. The minimum Gasteiger partial charge on any atom is -0.469 e. The first-order valence-electron chi connectivity index (χ1n) is 9.63. The summed E-state index contributed by atoms with van der Waals surface area (Å²) in [6.07, 6.45) is 1.77. The number of carbonyl (C=O) groups excluding carboxylic acids is 3. The molecule has 1 aliphatic rings. The highest BCUT2D eigenvalue weighted by Crippen LogP contribution is 2.24. The maximum atomic E-state index is 12.9. The van der Waals surface area contributed by atoms with E-state index in [0.29, 0.717) is 18.7 Å². The van der Waals surface area contributed by atoms with Crippen molar-refractivity contribution in [3.8, 4) is 11.1 Å². The predicted octanol–water partition coefficient (Wildman–Crippen LogP) is 3.73. The average molecular weight is 379 g/mol. The second-order valence-corrected chi connectivity index (χ2v) is 7.06. The van der Waals surface area contributed by atoms with Gasteiger partial charge in [0.25, 0.3) is 0 Å². The number of ketones is 1. The van der Waals surface area contributed by atoms with Crippen LogP contribution in [0.15, 0.2) is 54.6 Å². The van der Waals surface area contributed by atoms with E-state index < -0.39 is 5.97 Å². The number of methoxy groups -OCH3 is 1. The number of amides is 1. The summed E-state index contributed by atoms with van der Waals surface area (Å²) in [4.78, 5) is 38.2. The van der Waals surface area contributed by atoms with E-state index in [1.807, 2.05) is 54.6 Å². The number of Topliss-reactive ketones (excluding diaryl/α,β-unsaturated/α-hetero) is 1. The van der Waals surface area contributed by atoms with Crippen molar-refractivity contribution in [2.75, 3.05) is 20.2 Å². The first-order valence-corrected chi connectivity index (χ1v) is 9.63. The predicted molar refractivity (Wildman–Crippen MR) is 107 cm³/mol. The first-order chi connectivity index (χ1) is 13.6. The summed E-state index contributed by atoms with van der Waals surface area (Å²) in [5.41, 5.74) is 2.86. The summed E-state index contributed by atoms with van der Waals surface area (Å²) in [7, 11) is 1.31. The van der Waals surface area contributed by atoms with Crippen molar-refractivity contribution in [1.82, 2.24) is 4.90 Å². The molecule has 3 rings (SSSR count). The molecule has 1 amide bonds. The van der Waals surface area contributed by atoms with Crippen LogP contribution in [0.5, 0.6) is 0 Å². The van der Waals surface area contributed by atoms with Crippen LogP contribution < -0.4 is 0 Å². The molecular weight excluding hydrogens is 354 g/mol. The summed E-state index contributed by atoms with van der Waals surface area (Å²) >= 11 is 0. The van der Waals surface area contributed by atoms with Gasteiger partial charge in [0, 0.05) is 31.0 Å². The fraction of sp³-hybridized carbons (Fsp3) is 0.348. The highest BCUT2D eigenvalue weighted by molar-refractivity contribution is 5.98. The lowest BCUT2D eigenvalue weighted by Crippen LogP contribution is -2.42. The van der Waals surface area contributed by atoms with Crippen LogP contribution >= 0.6 is 0 Å². The van der Waals surface area contributed by atoms with Crippen LogP contribution in [-0.2, 0) is 14.3 Å². The molecule has 2 aromatic rings. The number of hydrogen-bond donors (Lipinski definition) is 0. The standard InChI is InChI=1S/C23H25NO4/c1-28-22(26)14-13-21(25)24-15-5-8-20(16-24)23(27)19-11-9-18(10-12-19)17-6-3-2-4-7-17/h2-4,6-7,9-12,20H,5,8,13-16H2,1H3/t20-/m1/s1. The van der Waals surface area contributed by atoms with Gasteiger partial charge in [-0.05, 0) is 24.0 Å². The number of esters is 1. The Labute approximate surface area is 165 Å². The van der Waals surface area contributed by atoms with Gasteiger partial charge in [0.2, 0.25) is 5.91 Å². The maximum absolute atomic E-state index is 12.9. The molecule has 5 heteroatoms. The van der Waals surface area contributed by atoms with Crippen molar-refractivity contribution < 1.29 is 19.1 Å². The molecule has 146 valence electrons. The lowest BCUT2D eigenvalue weighted by Gasteiger charge is -2.32. The van der Waals surface area contributed by atoms with E-state index in [-0.39, 0.29) is 30.4 Å². The molecule has 0 radical (unpaired) electrons. The third-order valence-corrected chi connectivity index (χ3v) is 5.19. The third kappa shape index (κ3) is 4.85. The van der Waals surface area contributed by atoms with Crippen molar-refractivity contribution in [1.29, 1.82) is 0 Å². The molecule has 5 nitrogen and oxygen atoms in total. The number of rotatable bonds is 6. The Bertz CT molecular complexity index is 829. The van der Waals surface area contributed by atoms with Crippen molar-refractivity contribution in [3.63, 3.8) is 0 Å². The molecule has 2 aromatic carbocycles. The van der Waals surface area contributed by atoms with E-state index in [0.717, 1.165) is 24.0 Å². The molecule has 0 unspecified atom stereocenters. The molecule has 1 atom stereocenters. The van der Waals surface area contributed by atoms with Gasteiger partial charge in [-0.25, -0.2) is 0 Å². The van der Waals surface area contributed by atoms with E-state index in [4.69, 9.17) is 0 Å². The number of benzene rings is 2. The largest absolute Gasteiger partial charge is 0.469 e. The van der Waals surface area contributed by atoms with E-state index in [2.05, 4.69) is 4.74 Å². The molecule has 0 N–H and O–H groups in total. The number of ether oxygens (including phenoxy) is 1. The van der Waals surface area contributed by atoms with E-state index in [9.17, 15) is 14.4 Å². The fourth-order valence-electron chi connectivity index (χ4n) is 3.58. The Hall–Kier alpha value is -2.95. The van der Waals surface area contributed by atoms with Crippen LogP contribution in [0.25, 0.3) is 11.1 Å². The normalized spacial score (nSPS) is 16.5. The van der Waals surface area contributed by atoms with Crippen molar-refractivity contribution in [2.24, 2.45) is 5.92 Å². The van der Waals surface area contributed by atoms with E-state index in [1.54, 1.807) is 4.90 Å². The lowest BCUT2D eigenvalue weighted by molar-refractivity contribution is -0.144. The molecule has 1 fully saturated rings. The van der Waals surface area contributed by atoms with Gasteiger partial charge >= 0.3 is 5.97 Å². The zero-order valence-electron chi connectivity index (χ0n) is 16.1. The van der Waals surface area contributed by atoms with Crippen molar-refractivity contribution >= 4 is 17.7 Å². The first kappa shape index (κ1) is 19.8. The number of hydrogen-bond acceptors (Lipinski definition) is 4. The van der Waals surface area contributed by atoms with Gasteiger partial charge < -0.3 is 9.64 Å². The highest BCUT2D eigenvalue weighted by atomic mass is 16.5. The van der Waals surface area contributed by atoms with Crippen LogP contribution in [-0.4, -0.2) is 42.8 Å². The van der Waals surface area contributed by atoms with E-state index in [1.165, 1.54) is 7.11 Å². The van der Waals surface area contributed by atoms with Crippen LogP contribution in [0.4, 0.5) is 0 Å². The Morgan fingerprint density at radius 2 is 1.64 bits per heavy atom. The van der Waals surface area contributed by atoms with Gasteiger partial charge in [-0.1, -0.05) is 54.6 Å². The molecule has 1 heterocycles. The van der Waals surface area contributed by atoms with E-state index >= 15 is 0 Å². The topological polar surface area (TPSA) is 63.7 Å². The summed E-state index contributed by atoms with van der Waals surface area (Å²) in [6, 6.07) is 17.7. The minimum absolute atomic E-state index is 0.0741. The van der Waals surface area contributed by atoms with Crippen LogP contribution in [0.3, 0.4) is 0 Å². The van der Waals surface area contributed by atoms with Crippen LogP contribution in [0, 0.1) is 5.92 Å². The minimum atomic E-state index is -0.392. The smallest absolute Gasteiger partial charge is 0.306 e. The van der Waals surface area contributed by atoms with Crippen LogP contribution in [0.2, 0.25) is 0 Å². The van der Waals surface area contributed by atoms with Crippen molar-refractivity contribution in [3.05, 3.63) is 60.2 Å². The Morgan fingerprint density at radius 1 is 0.964 bits per heavy atom. The highest BCUT2D eigenvalue weighted by Gasteiger charge is 2.29. The molecule has 0 aromatic heterocycles. The number of nitrogens with zero attached hydrogens (tertiary/aromatic N) is 1. The second kappa shape index (κ2) is 9.31. The van der Waals surface area contributed by atoms with Gasteiger partial charge in [-0.15, -0.1) is 0 Å². The molecular formula is C23H25NO4. The Kier molecular flexibility index (Phi) is 6.58. The molecule has 0 saturated carbocycles. The maximum Gasteiger partial charge on any atom is 0.306 e. The third-order valence-electron chi connectivity index (χ3n) is 5.19. The molecule has 0 spiro atoms. The monoisotopic (exact) mass is 379 g/mol. The molecule has 28 heavy (non-hydrogen) atoms. The van der Waals surface area contributed by atoms with Gasteiger partial charge in [-0.3, -0.25) is 14.4 Å². The van der Waals surface area contributed by atoms with Gasteiger partial charge in [0.15, 0.2) is 5.78 Å². The number of carbonyl (C=O) groups is 3. The van der Waals surface area contributed by atoms with Gasteiger partial charge in [0.05, 0.1) is 13.5 Å². The SMILES string of the molecule is COC(=O)CCC(=O)N1CCC[C@@H](C(=O)c2ccc(-c3ccccc3)cc2)C1. The zero-order valence-corrected chi connectivity index (χ0v) is 16.1. The zero-order chi connectivity index (χ0) is 19.9. The molecule has 1 saturated heterocycles. The molecule has 0 aliphatic carbocycles. The second-order valence-electron chi connectivity index (χ2n) is 7.06. The summed E-state index contributed by atoms with van der Waals surface area (Å²) in [6.45, 7) is 1.05. The summed E-state index contributed by atoms with van der Waals surface area (Å²) < 4.78 is 4.58. The average Bonchev–Trinajstić information content (AvgIpc) is 2.77. The summed E-state index contributed by atoms with van der Waals surface area (Å²) in [5.74, 6) is -0.609. The lowest BCUT2D eigenvalue weighted by atomic mass is 9.89. The Morgan fingerprint density at radius 3 is 2.32 bits per heavy atom. The van der Waals surface area contributed by atoms with Gasteiger partial charge in [0.1, 0.15) is 0 Å². The van der Waals surface area contributed by atoms with Gasteiger partial charge in [-0.2, -0.15) is 0 Å².